The second-order valence-corrected chi connectivity index (χ2v) is 6.42. The van der Waals surface area contributed by atoms with Gasteiger partial charge >= 0.3 is 0 Å². The summed E-state index contributed by atoms with van der Waals surface area (Å²) in [5.74, 6) is 0.903. The van der Waals surface area contributed by atoms with Crippen LogP contribution in [0.4, 0.5) is 0 Å². The van der Waals surface area contributed by atoms with E-state index in [1.54, 1.807) is 0 Å². The lowest BCUT2D eigenvalue weighted by atomic mass is 9.96. The lowest BCUT2D eigenvalue weighted by Crippen LogP contribution is -2.42. The molecule has 0 radical (unpaired) electrons. The Morgan fingerprint density at radius 3 is 2.73 bits per heavy atom. The van der Waals surface area contributed by atoms with Crippen LogP contribution >= 0.6 is 0 Å². The van der Waals surface area contributed by atoms with Crippen LogP contribution in [0.2, 0.25) is 0 Å². The molecular formula is C18H27N3O. The average Bonchev–Trinajstić information content (AvgIpc) is 3.18. The third kappa shape index (κ3) is 3.80. The van der Waals surface area contributed by atoms with Crippen molar-refractivity contribution >= 4 is 5.96 Å². The predicted molar refractivity (Wildman–Crippen MR) is 90.3 cm³/mol. The van der Waals surface area contributed by atoms with Crippen molar-refractivity contribution in [1.29, 1.82) is 0 Å². The summed E-state index contributed by atoms with van der Waals surface area (Å²) in [6, 6.07) is 10.8. The van der Waals surface area contributed by atoms with Gasteiger partial charge in [-0.25, -0.2) is 0 Å². The lowest BCUT2D eigenvalue weighted by Gasteiger charge is -2.19. The fraction of sp³-hybridized carbons (Fsp3) is 0.611. The molecule has 1 aliphatic heterocycles. The summed E-state index contributed by atoms with van der Waals surface area (Å²) in [6.07, 6.45) is 6.42. The van der Waals surface area contributed by atoms with Gasteiger partial charge in [-0.2, -0.15) is 0 Å². The number of hydrogen-bond donors (Lipinski definition) is 2. The quantitative estimate of drug-likeness (QED) is 0.627. The highest BCUT2D eigenvalue weighted by molar-refractivity contribution is 5.79. The van der Waals surface area contributed by atoms with Crippen LogP contribution in [0.25, 0.3) is 0 Å². The first-order valence-corrected chi connectivity index (χ1v) is 8.44. The minimum Gasteiger partial charge on any atom is -0.378 e. The van der Waals surface area contributed by atoms with Gasteiger partial charge in [-0.15, -0.1) is 0 Å². The molecule has 1 atom stereocenters. The zero-order valence-corrected chi connectivity index (χ0v) is 13.5. The fourth-order valence-corrected chi connectivity index (χ4v) is 3.21. The molecule has 1 aromatic carbocycles. The summed E-state index contributed by atoms with van der Waals surface area (Å²) >= 11 is 0. The third-order valence-electron chi connectivity index (χ3n) is 4.84. The minimum absolute atomic E-state index is 0.313. The fourth-order valence-electron chi connectivity index (χ4n) is 3.21. The van der Waals surface area contributed by atoms with Crippen molar-refractivity contribution in [1.82, 2.24) is 10.6 Å². The molecule has 3 rings (SSSR count). The van der Waals surface area contributed by atoms with Crippen LogP contribution in [0.1, 0.15) is 37.7 Å². The van der Waals surface area contributed by atoms with Gasteiger partial charge in [0.25, 0.3) is 0 Å². The molecule has 1 unspecified atom stereocenters. The zero-order valence-electron chi connectivity index (χ0n) is 13.5. The summed E-state index contributed by atoms with van der Waals surface area (Å²) in [5.41, 5.74) is 1.75. The van der Waals surface area contributed by atoms with Crippen molar-refractivity contribution < 1.29 is 4.74 Å². The molecule has 2 fully saturated rings. The Balaban J connectivity index is 1.43. The molecule has 0 aromatic heterocycles. The smallest absolute Gasteiger partial charge is 0.191 e. The molecule has 4 nitrogen and oxygen atoms in total. The molecule has 120 valence electrons. The van der Waals surface area contributed by atoms with E-state index >= 15 is 0 Å². The van der Waals surface area contributed by atoms with E-state index < -0.39 is 0 Å². The van der Waals surface area contributed by atoms with E-state index in [0.29, 0.717) is 11.5 Å². The molecule has 2 N–H and O–H groups in total. The Morgan fingerprint density at radius 1 is 1.27 bits per heavy atom. The van der Waals surface area contributed by atoms with Gasteiger partial charge in [-0.3, -0.25) is 4.99 Å². The van der Waals surface area contributed by atoms with Crippen molar-refractivity contribution in [3.63, 3.8) is 0 Å². The average molecular weight is 301 g/mol. The van der Waals surface area contributed by atoms with Crippen LogP contribution in [0.5, 0.6) is 0 Å². The molecule has 1 aliphatic carbocycles. The van der Waals surface area contributed by atoms with Crippen LogP contribution in [-0.4, -0.2) is 38.8 Å². The predicted octanol–water partition coefficient (Wildman–Crippen LogP) is 2.45. The Labute approximate surface area is 133 Å². The molecular weight excluding hydrogens is 274 g/mol. The molecule has 4 heteroatoms. The number of guanidine groups is 1. The van der Waals surface area contributed by atoms with Gasteiger partial charge in [-0.1, -0.05) is 30.3 Å². The number of rotatable bonds is 6. The summed E-state index contributed by atoms with van der Waals surface area (Å²) in [7, 11) is 1.84. The van der Waals surface area contributed by atoms with Crippen molar-refractivity contribution in [2.45, 2.75) is 43.6 Å². The molecule has 2 aliphatic rings. The van der Waals surface area contributed by atoms with Gasteiger partial charge in [0.2, 0.25) is 0 Å². The van der Waals surface area contributed by atoms with Crippen molar-refractivity contribution in [3.8, 4) is 0 Å². The van der Waals surface area contributed by atoms with Gasteiger partial charge in [0, 0.05) is 32.2 Å². The first-order chi connectivity index (χ1) is 10.8. The Bertz CT molecular complexity index is 490. The molecule has 1 saturated carbocycles. The van der Waals surface area contributed by atoms with E-state index in [0.717, 1.165) is 32.1 Å². The maximum absolute atomic E-state index is 5.65. The second kappa shape index (κ2) is 7.14. The van der Waals surface area contributed by atoms with E-state index in [9.17, 15) is 0 Å². The number of nitrogens with zero attached hydrogens (tertiary/aromatic N) is 1. The van der Waals surface area contributed by atoms with Gasteiger partial charge in [-0.05, 0) is 37.7 Å². The molecule has 1 saturated heterocycles. The first kappa shape index (κ1) is 15.3. The largest absolute Gasteiger partial charge is 0.378 e. The summed E-state index contributed by atoms with van der Waals surface area (Å²) in [5, 5.41) is 6.90. The maximum atomic E-state index is 5.65. The third-order valence-corrected chi connectivity index (χ3v) is 4.84. The number of hydrogen-bond acceptors (Lipinski definition) is 2. The summed E-state index contributed by atoms with van der Waals surface area (Å²) < 4.78 is 5.65. The van der Waals surface area contributed by atoms with Gasteiger partial charge in [0.15, 0.2) is 5.96 Å². The Hall–Kier alpha value is -1.55. The standard InChI is InChI=1S/C18H27N3O/c1-19-17(20-12-9-16-8-5-13-22-16)21-14-18(10-11-18)15-6-3-2-4-7-15/h2-4,6-7,16H,5,8-14H2,1H3,(H2,19,20,21). The van der Waals surface area contributed by atoms with E-state index in [-0.39, 0.29) is 0 Å². The van der Waals surface area contributed by atoms with Gasteiger partial charge in [0.1, 0.15) is 0 Å². The molecule has 22 heavy (non-hydrogen) atoms. The summed E-state index contributed by atoms with van der Waals surface area (Å²) in [6.45, 7) is 2.80. The second-order valence-electron chi connectivity index (χ2n) is 6.42. The summed E-state index contributed by atoms with van der Waals surface area (Å²) in [4.78, 5) is 4.33. The van der Waals surface area contributed by atoms with E-state index in [1.165, 1.54) is 31.2 Å². The number of aliphatic imine (C=N–C) groups is 1. The topological polar surface area (TPSA) is 45.7 Å². The van der Waals surface area contributed by atoms with Crippen molar-refractivity contribution in [2.75, 3.05) is 26.7 Å². The molecule has 1 aromatic rings. The number of nitrogens with one attached hydrogen (secondary N) is 2. The SMILES string of the molecule is CN=C(NCCC1CCCO1)NCC1(c2ccccc2)CC1. The monoisotopic (exact) mass is 301 g/mol. The number of ether oxygens (including phenoxy) is 1. The van der Waals surface area contributed by atoms with E-state index in [2.05, 4.69) is 46.0 Å². The lowest BCUT2D eigenvalue weighted by molar-refractivity contribution is 0.105. The highest BCUT2D eigenvalue weighted by Gasteiger charge is 2.43. The van der Waals surface area contributed by atoms with Crippen molar-refractivity contribution in [3.05, 3.63) is 35.9 Å². The van der Waals surface area contributed by atoms with E-state index in [4.69, 9.17) is 4.74 Å². The first-order valence-electron chi connectivity index (χ1n) is 8.44. The van der Waals surface area contributed by atoms with Crippen LogP contribution in [-0.2, 0) is 10.2 Å². The van der Waals surface area contributed by atoms with Crippen LogP contribution in [0.15, 0.2) is 35.3 Å². The zero-order chi connectivity index (χ0) is 15.3. The highest BCUT2D eigenvalue weighted by atomic mass is 16.5. The van der Waals surface area contributed by atoms with Gasteiger partial charge in [0.05, 0.1) is 6.10 Å². The van der Waals surface area contributed by atoms with Gasteiger partial charge < -0.3 is 15.4 Å². The Kier molecular flexibility index (Phi) is 4.98. The van der Waals surface area contributed by atoms with E-state index in [1.807, 2.05) is 7.05 Å². The molecule has 0 bridgehead atoms. The number of benzene rings is 1. The molecule has 0 spiro atoms. The van der Waals surface area contributed by atoms with Crippen LogP contribution in [0, 0.1) is 0 Å². The molecule has 1 heterocycles. The molecule has 0 amide bonds. The Morgan fingerprint density at radius 2 is 2.09 bits per heavy atom. The van der Waals surface area contributed by atoms with Crippen LogP contribution < -0.4 is 10.6 Å². The van der Waals surface area contributed by atoms with Crippen molar-refractivity contribution in [2.24, 2.45) is 4.99 Å². The highest BCUT2D eigenvalue weighted by Crippen LogP contribution is 2.47. The van der Waals surface area contributed by atoms with Crippen LogP contribution in [0.3, 0.4) is 0 Å². The normalized spacial score (nSPS) is 23.3. The maximum Gasteiger partial charge on any atom is 0.191 e. The minimum atomic E-state index is 0.313.